The minimum atomic E-state index is -1.52. The van der Waals surface area contributed by atoms with E-state index in [1.54, 1.807) is 0 Å². The Bertz CT molecular complexity index is 452. The normalized spacial score (nSPS) is 9.60. The second-order valence-electron chi connectivity index (χ2n) is 2.60. The molecule has 0 unspecified atom stereocenters. The van der Waals surface area contributed by atoms with Gasteiger partial charge in [-0.05, 0) is 6.07 Å². The van der Waals surface area contributed by atoms with Gasteiger partial charge in [0.2, 0.25) is 0 Å². The van der Waals surface area contributed by atoms with Crippen LogP contribution in [0, 0.1) is 10.1 Å². The summed E-state index contributed by atoms with van der Waals surface area (Å²) in [5, 5.41) is 27.6. The molecule has 7 nitrogen and oxygen atoms in total. The second-order valence-corrected chi connectivity index (χ2v) is 2.60. The average Bonchev–Trinajstić information content (AvgIpc) is 2.16. The molecular weight excluding hydrogens is 207 g/mol. The molecule has 0 fully saturated rings. The number of hydrogen-bond donors (Lipinski definition) is 2. The fraction of sp³-hybridized carbons (Fsp3) is 0. The van der Waals surface area contributed by atoms with Crippen LogP contribution in [0.3, 0.4) is 0 Å². The molecule has 0 atom stereocenters. The summed E-state index contributed by atoms with van der Waals surface area (Å²) >= 11 is 0. The zero-order valence-corrected chi connectivity index (χ0v) is 7.21. The minimum absolute atomic E-state index is 0.461. The molecule has 0 aliphatic carbocycles. The molecule has 2 N–H and O–H groups in total. The fourth-order valence-corrected chi connectivity index (χ4v) is 1.01. The molecule has 0 aliphatic heterocycles. The summed E-state index contributed by atoms with van der Waals surface area (Å²) in [6, 6.07) is 2.55. The number of nitro benzene ring substituents is 1. The first-order valence-corrected chi connectivity index (χ1v) is 3.68. The number of aromatic carboxylic acids is 2. The zero-order valence-electron chi connectivity index (χ0n) is 7.21. The number of benzene rings is 1. The van der Waals surface area contributed by atoms with E-state index in [1.807, 2.05) is 0 Å². The molecule has 1 aromatic rings. The van der Waals surface area contributed by atoms with Crippen molar-refractivity contribution in [1.82, 2.24) is 0 Å². The van der Waals surface area contributed by atoms with Crippen molar-refractivity contribution in [2.24, 2.45) is 0 Å². The van der Waals surface area contributed by atoms with E-state index in [0.717, 1.165) is 12.1 Å². The van der Waals surface area contributed by atoms with Gasteiger partial charge in [-0.3, -0.25) is 10.1 Å². The van der Waals surface area contributed by atoms with Crippen molar-refractivity contribution >= 4 is 17.6 Å². The highest BCUT2D eigenvalue weighted by Gasteiger charge is 2.19. The van der Waals surface area contributed by atoms with E-state index >= 15 is 0 Å². The molecule has 0 saturated heterocycles. The number of non-ortho nitro benzene ring substituents is 1. The summed E-state index contributed by atoms with van der Waals surface area (Å²) in [7, 11) is 0. The highest BCUT2D eigenvalue weighted by Crippen LogP contribution is 2.17. The van der Waals surface area contributed by atoms with Crippen molar-refractivity contribution in [3.8, 4) is 0 Å². The molecule has 0 radical (unpaired) electrons. The quantitative estimate of drug-likeness (QED) is 0.438. The Morgan fingerprint density at radius 3 is 2.07 bits per heavy atom. The second kappa shape index (κ2) is 3.74. The van der Waals surface area contributed by atoms with E-state index in [4.69, 9.17) is 10.2 Å². The lowest BCUT2D eigenvalue weighted by Crippen LogP contribution is -2.08. The van der Waals surface area contributed by atoms with Crippen molar-refractivity contribution in [2.45, 2.75) is 0 Å². The first kappa shape index (κ1) is 10.6. The van der Waals surface area contributed by atoms with Crippen LogP contribution in [-0.4, -0.2) is 27.1 Å². The molecule has 0 amide bonds. The number of carboxylic acid groups (broad SMARTS) is 2. The van der Waals surface area contributed by atoms with Crippen molar-refractivity contribution in [2.75, 3.05) is 0 Å². The minimum Gasteiger partial charge on any atom is -0.478 e. The number of nitrogens with zero attached hydrogens (tertiary/aromatic N) is 1. The molecular formula is C8H5NO6. The van der Waals surface area contributed by atoms with E-state index in [-0.39, 0.29) is 0 Å². The molecule has 0 heterocycles. The fourth-order valence-electron chi connectivity index (χ4n) is 1.01. The molecule has 0 saturated carbocycles. The van der Waals surface area contributed by atoms with E-state index in [1.165, 1.54) is 0 Å². The molecule has 15 heavy (non-hydrogen) atoms. The van der Waals surface area contributed by atoms with Gasteiger partial charge in [0.25, 0.3) is 5.69 Å². The van der Waals surface area contributed by atoms with E-state index < -0.39 is 33.7 Å². The lowest BCUT2D eigenvalue weighted by atomic mass is 10.1. The molecule has 0 spiro atoms. The summed E-state index contributed by atoms with van der Waals surface area (Å²) in [4.78, 5) is 30.7. The van der Waals surface area contributed by atoms with Crippen LogP contribution in [0.4, 0.5) is 5.69 Å². The molecule has 1 aromatic carbocycles. The average molecular weight is 212 g/mol. The van der Waals surface area contributed by atoms with Gasteiger partial charge in [0.15, 0.2) is 0 Å². The first-order chi connectivity index (χ1) is 6.93. The van der Waals surface area contributed by atoms with Gasteiger partial charge in [0.1, 0.15) is 0 Å². The van der Waals surface area contributed by atoms with Gasteiger partial charge in [-0.25, -0.2) is 9.59 Å². The number of hydrogen-bond acceptors (Lipinski definition) is 4. The van der Waals surface area contributed by atoms with Gasteiger partial charge in [0.05, 0.1) is 16.1 Å². The van der Waals surface area contributed by atoms with E-state index in [2.05, 4.69) is 0 Å². The maximum atomic E-state index is 10.6. The Kier molecular flexibility index (Phi) is 2.65. The highest BCUT2D eigenvalue weighted by atomic mass is 16.9. The number of carbonyl (C=O) groups is 2. The van der Waals surface area contributed by atoms with Crippen LogP contribution in [0.15, 0.2) is 18.2 Å². The first-order valence-electron chi connectivity index (χ1n) is 3.68. The standard InChI is InChI=1S/C8H5NO6/c10-7(11)5-2-1-4(9(14)15)3-6(5)8(12)13/h1-3H,(H,10,11)(H,12,13)/i9+1. The summed E-state index contributed by atoms with van der Waals surface area (Å²) in [5.41, 5.74) is -1.54. The summed E-state index contributed by atoms with van der Waals surface area (Å²) in [5.74, 6) is -2.96. The molecule has 0 bridgehead atoms. The van der Waals surface area contributed by atoms with Gasteiger partial charge in [-0.15, -0.1) is 0 Å². The Labute approximate surface area is 82.7 Å². The maximum Gasteiger partial charge on any atom is 0.336 e. The molecule has 78 valence electrons. The van der Waals surface area contributed by atoms with Crippen LogP contribution in [0.25, 0.3) is 0 Å². The largest absolute Gasteiger partial charge is 0.478 e. The Morgan fingerprint density at radius 1 is 1.13 bits per heavy atom. The molecule has 0 aliphatic rings. The predicted molar refractivity (Wildman–Crippen MR) is 47.0 cm³/mol. The maximum absolute atomic E-state index is 10.6. The zero-order chi connectivity index (χ0) is 11.6. The van der Waals surface area contributed by atoms with Gasteiger partial charge < -0.3 is 10.2 Å². The summed E-state index contributed by atoms with van der Waals surface area (Å²) in [6.07, 6.45) is 0. The molecule has 1 rings (SSSR count). The number of rotatable bonds is 3. The van der Waals surface area contributed by atoms with Gasteiger partial charge in [0, 0.05) is 12.1 Å². The Hall–Kier alpha value is -2.44. The predicted octanol–water partition coefficient (Wildman–Crippen LogP) is 0.991. The van der Waals surface area contributed by atoms with Gasteiger partial charge in [-0.2, -0.15) is 0 Å². The highest BCUT2D eigenvalue weighted by molar-refractivity contribution is 6.02. The summed E-state index contributed by atoms with van der Waals surface area (Å²) < 4.78 is 0. The smallest absolute Gasteiger partial charge is 0.336 e. The van der Waals surface area contributed by atoms with E-state index in [9.17, 15) is 19.7 Å². The van der Waals surface area contributed by atoms with Crippen molar-refractivity contribution in [3.05, 3.63) is 39.4 Å². The third-order valence-corrected chi connectivity index (χ3v) is 1.67. The van der Waals surface area contributed by atoms with Crippen LogP contribution < -0.4 is 0 Å². The third kappa shape index (κ3) is 2.08. The van der Waals surface area contributed by atoms with Crippen molar-refractivity contribution in [3.63, 3.8) is 0 Å². The Morgan fingerprint density at radius 2 is 1.67 bits per heavy atom. The van der Waals surface area contributed by atoms with Gasteiger partial charge in [-0.1, -0.05) is 0 Å². The topological polar surface area (TPSA) is 118 Å². The van der Waals surface area contributed by atoms with Crippen molar-refractivity contribution < 1.29 is 24.7 Å². The lowest BCUT2D eigenvalue weighted by molar-refractivity contribution is -0.384. The monoisotopic (exact) mass is 212 g/mol. The summed E-state index contributed by atoms with van der Waals surface area (Å²) in [6.45, 7) is 0. The lowest BCUT2D eigenvalue weighted by Gasteiger charge is -2.00. The van der Waals surface area contributed by atoms with Gasteiger partial charge >= 0.3 is 11.9 Å². The molecule has 0 aromatic heterocycles. The van der Waals surface area contributed by atoms with E-state index in [0.29, 0.717) is 6.07 Å². The number of nitro groups is 1. The van der Waals surface area contributed by atoms with Crippen LogP contribution in [0.1, 0.15) is 20.7 Å². The van der Waals surface area contributed by atoms with Crippen molar-refractivity contribution in [1.29, 1.82) is 0 Å². The van der Waals surface area contributed by atoms with Crippen LogP contribution in [0.5, 0.6) is 0 Å². The Balaban J connectivity index is 3.40. The van der Waals surface area contributed by atoms with Crippen LogP contribution in [0.2, 0.25) is 0 Å². The third-order valence-electron chi connectivity index (χ3n) is 1.67. The molecule has 7 heteroatoms. The van der Waals surface area contributed by atoms with Crippen LogP contribution in [-0.2, 0) is 0 Å². The SMILES string of the molecule is O=C(O)c1ccc([15N+](=O)[O-])cc1C(=O)O. The number of carboxylic acids is 2. The van der Waals surface area contributed by atoms with Crippen LogP contribution >= 0.6 is 0 Å².